The predicted octanol–water partition coefficient (Wildman–Crippen LogP) is 4.04. The summed E-state index contributed by atoms with van der Waals surface area (Å²) < 4.78 is 0. The van der Waals surface area contributed by atoms with Crippen molar-refractivity contribution in [3.63, 3.8) is 0 Å². The molecule has 0 fully saturated rings. The van der Waals surface area contributed by atoms with Crippen LogP contribution in [0.25, 0.3) is 0 Å². The summed E-state index contributed by atoms with van der Waals surface area (Å²) in [7, 11) is 0. The van der Waals surface area contributed by atoms with Gasteiger partial charge in [0, 0.05) is 18.6 Å². The monoisotopic (exact) mass is 298 g/mol. The van der Waals surface area contributed by atoms with Crippen LogP contribution >= 0.6 is 0 Å². The van der Waals surface area contributed by atoms with Crippen molar-refractivity contribution in [3.8, 4) is 0 Å². The van der Waals surface area contributed by atoms with E-state index in [1.165, 1.54) is 12.1 Å². The molecule has 0 aliphatic rings. The van der Waals surface area contributed by atoms with Crippen LogP contribution in [0.2, 0.25) is 0 Å². The van der Waals surface area contributed by atoms with Gasteiger partial charge in [-0.1, -0.05) is 43.3 Å². The first-order valence-corrected chi connectivity index (χ1v) is 7.07. The first-order valence-electron chi connectivity index (χ1n) is 7.07. The summed E-state index contributed by atoms with van der Waals surface area (Å²) in [4.78, 5) is 22.5. The Morgan fingerprint density at radius 1 is 1.23 bits per heavy atom. The number of carbonyl (C=O) groups excluding carboxylic acids is 1. The third-order valence-corrected chi connectivity index (χ3v) is 3.57. The van der Waals surface area contributed by atoms with E-state index in [0.29, 0.717) is 12.1 Å². The summed E-state index contributed by atoms with van der Waals surface area (Å²) in [5.74, 6) is -0.0693. The normalized spacial score (nSPS) is 11.7. The lowest BCUT2D eigenvalue weighted by Gasteiger charge is -2.13. The summed E-state index contributed by atoms with van der Waals surface area (Å²) in [6, 6.07) is 14.2. The maximum atomic E-state index is 12.1. The molecule has 0 bridgehead atoms. The first-order chi connectivity index (χ1) is 10.5. The highest BCUT2D eigenvalue weighted by atomic mass is 16.6. The van der Waals surface area contributed by atoms with Gasteiger partial charge in [-0.3, -0.25) is 14.9 Å². The molecule has 0 saturated heterocycles. The minimum absolute atomic E-state index is 0.0305. The molecule has 0 saturated carbocycles. The molecule has 0 aliphatic heterocycles. The van der Waals surface area contributed by atoms with Crippen molar-refractivity contribution in [1.29, 1.82) is 0 Å². The van der Waals surface area contributed by atoms with Gasteiger partial charge in [-0.05, 0) is 24.0 Å². The number of aryl methyl sites for hydroxylation is 1. The standard InChI is InChI=1S/C17H18N2O3/c1-12-8-9-15(19(21)22)11-16(12)18-17(20)10-13(2)14-6-4-3-5-7-14/h3-9,11,13H,10H2,1-2H3,(H,18,20)/t13-/m1/s1. The third kappa shape index (κ3) is 3.91. The molecule has 2 aromatic rings. The Balaban J connectivity index is 2.06. The van der Waals surface area contributed by atoms with Crippen molar-refractivity contribution >= 4 is 17.3 Å². The lowest BCUT2D eigenvalue weighted by molar-refractivity contribution is -0.384. The van der Waals surface area contributed by atoms with Crippen molar-refractivity contribution < 1.29 is 9.72 Å². The fourth-order valence-corrected chi connectivity index (χ4v) is 2.24. The number of non-ortho nitro benzene ring substituents is 1. The Hall–Kier alpha value is -2.69. The summed E-state index contributed by atoms with van der Waals surface area (Å²) >= 11 is 0. The Labute approximate surface area is 129 Å². The van der Waals surface area contributed by atoms with E-state index in [1.807, 2.05) is 37.3 Å². The molecule has 114 valence electrons. The number of amides is 1. The van der Waals surface area contributed by atoms with E-state index < -0.39 is 4.92 Å². The molecule has 2 aromatic carbocycles. The highest BCUT2D eigenvalue weighted by molar-refractivity contribution is 5.92. The SMILES string of the molecule is Cc1ccc([N+](=O)[O-])cc1NC(=O)C[C@@H](C)c1ccccc1. The van der Waals surface area contributed by atoms with Crippen LogP contribution in [-0.2, 0) is 4.79 Å². The van der Waals surface area contributed by atoms with Gasteiger partial charge >= 0.3 is 0 Å². The minimum atomic E-state index is -0.471. The van der Waals surface area contributed by atoms with Gasteiger partial charge in [-0.15, -0.1) is 0 Å². The molecule has 0 spiro atoms. The van der Waals surface area contributed by atoms with E-state index in [9.17, 15) is 14.9 Å². The number of carbonyl (C=O) groups is 1. The zero-order valence-electron chi connectivity index (χ0n) is 12.6. The van der Waals surface area contributed by atoms with Crippen LogP contribution in [0.15, 0.2) is 48.5 Å². The number of rotatable bonds is 5. The molecule has 1 amide bonds. The molecule has 22 heavy (non-hydrogen) atoms. The molecule has 1 N–H and O–H groups in total. The van der Waals surface area contributed by atoms with Gasteiger partial charge in [0.15, 0.2) is 0 Å². The Kier molecular flexibility index (Phi) is 4.88. The molecular weight excluding hydrogens is 280 g/mol. The molecule has 2 rings (SSSR count). The summed E-state index contributed by atoms with van der Waals surface area (Å²) in [6.07, 6.45) is 0.326. The average molecular weight is 298 g/mol. The number of benzene rings is 2. The number of nitrogens with zero attached hydrogens (tertiary/aromatic N) is 1. The van der Waals surface area contributed by atoms with Crippen molar-refractivity contribution in [3.05, 3.63) is 69.8 Å². The molecule has 5 heteroatoms. The van der Waals surface area contributed by atoms with Crippen LogP contribution in [0.5, 0.6) is 0 Å². The number of anilines is 1. The zero-order chi connectivity index (χ0) is 16.1. The highest BCUT2D eigenvalue weighted by Gasteiger charge is 2.14. The Morgan fingerprint density at radius 3 is 2.55 bits per heavy atom. The predicted molar refractivity (Wildman–Crippen MR) is 85.9 cm³/mol. The van der Waals surface area contributed by atoms with Crippen LogP contribution in [0, 0.1) is 17.0 Å². The van der Waals surface area contributed by atoms with E-state index in [0.717, 1.165) is 11.1 Å². The number of hydrogen-bond acceptors (Lipinski definition) is 3. The topological polar surface area (TPSA) is 72.2 Å². The number of nitro groups is 1. The number of hydrogen-bond donors (Lipinski definition) is 1. The molecule has 0 aromatic heterocycles. The van der Waals surface area contributed by atoms with Gasteiger partial charge in [-0.25, -0.2) is 0 Å². The Bertz CT molecular complexity index is 684. The second-order valence-electron chi connectivity index (χ2n) is 5.32. The lowest BCUT2D eigenvalue weighted by atomic mass is 9.97. The molecule has 0 heterocycles. The highest BCUT2D eigenvalue weighted by Crippen LogP contribution is 2.24. The van der Waals surface area contributed by atoms with E-state index in [2.05, 4.69) is 5.32 Å². The summed E-state index contributed by atoms with van der Waals surface area (Å²) in [5.41, 5.74) is 2.34. The third-order valence-electron chi connectivity index (χ3n) is 3.57. The fraction of sp³-hybridized carbons (Fsp3) is 0.235. The van der Waals surface area contributed by atoms with Crippen molar-refractivity contribution in [2.24, 2.45) is 0 Å². The van der Waals surface area contributed by atoms with Gasteiger partial charge < -0.3 is 5.32 Å². The zero-order valence-corrected chi connectivity index (χ0v) is 12.6. The quantitative estimate of drug-likeness (QED) is 0.669. The molecule has 1 atom stereocenters. The maximum Gasteiger partial charge on any atom is 0.271 e. The fourth-order valence-electron chi connectivity index (χ4n) is 2.24. The van der Waals surface area contributed by atoms with E-state index in [1.54, 1.807) is 13.0 Å². The Morgan fingerprint density at radius 2 is 1.91 bits per heavy atom. The van der Waals surface area contributed by atoms with Gasteiger partial charge in [0.25, 0.3) is 5.69 Å². The van der Waals surface area contributed by atoms with Crippen LogP contribution in [0.4, 0.5) is 11.4 Å². The van der Waals surface area contributed by atoms with Crippen molar-refractivity contribution in [1.82, 2.24) is 0 Å². The smallest absolute Gasteiger partial charge is 0.271 e. The first kappa shape index (κ1) is 15.7. The second-order valence-corrected chi connectivity index (χ2v) is 5.32. The molecule has 0 unspecified atom stereocenters. The minimum Gasteiger partial charge on any atom is -0.326 e. The van der Waals surface area contributed by atoms with Gasteiger partial charge in [-0.2, -0.15) is 0 Å². The lowest BCUT2D eigenvalue weighted by Crippen LogP contribution is -2.15. The van der Waals surface area contributed by atoms with Gasteiger partial charge in [0.1, 0.15) is 0 Å². The van der Waals surface area contributed by atoms with E-state index in [-0.39, 0.29) is 17.5 Å². The van der Waals surface area contributed by atoms with Gasteiger partial charge in [0.05, 0.1) is 10.6 Å². The van der Waals surface area contributed by atoms with Crippen LogP contribution in [0.1, 0.15) is 30.4 Å². The van der Waals surface area contributed by atoms with Gasteiger partial charge in [0.2, 0.25) is 5.91 Å². The molecule has 0 aliphatic carbocycles. The molecule has 0 radical (unpaired) electrons. The number of nitro benzene ring substituents is 1. The van der Waals surface area contributed by atoms with Crippen molar-refractivity contribution in [2.45, 2.75) is 26.2 Å². The van der Waals surface area contributed by atoms with Crippen LogP contribution in [-0.4, -0.2) is 10.8 Å². The van der Waals surface area contributed by atoms with E-state index >= 15 is 0 Å². The molecular formula is C17H18N2O3. The summed E-state index contributed by atoms with van der Waals surface area (Å²) in [6.45, 7) is 3.79. The summed E-state index contributed by atoms with van der Waals surface area (Å²) in [5, 5.41) is 13.6. The largest absolute Gasteiger partial charge is 0.326 e. The van der Waals surface area contributed by atoms with Crippen LogP contribution in [0.3, 0.4) is 0 Å². The van der Waals surface area contributed by atoms with Crippen molar-refractivity contribution in [2.75, 3.05) is 5.32 Å². The maximum absolute atomic E-state index is 12.1. The molecule has 5 nitrogen and oxygen atoms in total. The van der Waals surface area contributed by atoms with E-state index in [4.69, 9.17) is 0 Å². The van der Waals surface area contributed by atoms with Crippen LogP contribution < -0.4 is 5.32 Å². The average Bonchev–Trinajstić information content (AvgIpc) is 2.50. The second kappa shape index (κ2) is 6.85. The number of nitrogens with one attached hydrogen (secondary N) is 1.